The SMILES string of the molecule is CC(C)(Cc1ccccc1-c1ccncc1)c1nc(N)nc(N2CCOCC2)n1. The minimum Gasteiger partial charge on any atom is -0.378 e. The summed E-state index contributed by atoms with van der Waals surface area (Å²) in [6.07, 6.45) is 4.41. The first kappa shape index (κ1) is 19.3. The van der Waals surface area contributed by atoms with Gasteiger partial charge in [0.15, 0.2) is 0 Å². The Bertz CT molecular complexity index is 970. The number of nitrogens with zero attached hydrogens (tertiary/aromatic N) is 5. The highest BCUT2D eigenvalue weighted by atomic mass is 16.5. The minimum atomic E-state index is -0.318. The van der Waals surface area contributed by atoms with Crippen molar-refractivity contribution in [2.24, 2.45) is 0 Å². The molecule has 1 aliphatic rings. The van der Waals surface area contributed by atoms with E-state index in [1.165, 1.54) is 11.1 Å². The molecule has 29 heavy (non-hydrogen) atoms. The summed E-state index contributed by atoms with van der Waals surface area (Å²) >= 11 is 0. The van der Waals surface area contributed by atoms with Crippen molar-refractivity contribution in [2.75, 3.05) is 36.9 Å². The predicted molar refractivity (Wildman–Crippen MR) is 114 cm³/mol. The molecule has 0 aliphatic carbocycles. The number of anilines is 2. The molecule has 0 atom stereocenters. The monoisotopic (exact) mass is 390 g/mol. The average Bonchev–Trinajstić information content (AvgIpc) is 2.75. The fourth-order valence-electron chi connectivity index (χ4n) is 3.63. The van der Waals surface area contributed by atoms with Crippen molar-refractivity contribution >= 4 is 11.9 Å². The molecule has 0 saturated carbocycles. The smallest absolute Gasteiger partial charge is 0.230 e. The highest BCUT2D eigenvalue weighted by Crippen LogP contribution is 2.31. The quantitative estimate of drug-likeness (QED) is 0.716. The number of nitrogens with two attached hydrogens (primary N) is 1. The number of hydrogen-bond donors (Lipinski definition) is 1. The van der Waals surface area contributed by atoms with Crippen LogP contribution in [0.5, 0.6) is 0 Å². The normalized spacial score (nSPS) is 14.8. The molecule has 7 heteroatoms. The van der Waals surface area contributed by atoms with E-state index in [4.69, 9.17) is 15.5 Å². The summed E-state index contributed by atoms with van der Waals surface area (Å²) in [5.74, 6) is 1.59. The molecule has 0 amide bonds. The van der Waals surface area contributed by atoms with Crippen molar-refractivity contribution in [2.45, 2.75) is 25.7 Å². The molecule has 0 radical (unpaired) electrons. The summed E-state index contributed by atoms with van der Waals surface area (Å²) in [4.78, 5) is 19.9. The molecule has 7 nitrogen and oxygen atoms in total. The van der Waals surface area contributed by atoms with E-state index in [0.29, 0.717) is 25.0 Å². The van der Waals surface area contributed by atoms with Gasteiger partial charge in [0.1, 0.15) is 5.82 Å². The Morgan fingerprint density at radius 2 is 1.72 bits per heavy atom. The molecule has 150 valence electrons. The van der Waals surface area contributed by atoms with Gasteiger partial charge in [-0.2, -0.15) is 15.0 Å². The van der Waals surface area contributed by atoms with Crippen molar-refractivity contribution in [3.63, 3.8) is 0 Å². The lowest BCUT2D eigenvalue weighted by Gasteiger charge is -2.29. The molecule has 0 spiro atoms. The first-order valence-electron chi connectivity index (χ1n) is 9.86. The number of rotatable bonds is 5. The van der Waals surface area contributed by atoms with Gasteiger partial charge in [0.25, 0.3) is 0 Å². The van der Waals surface area contributed by atoms with Crippen LogP contribution in [0.4, 0.5) is 11.9 Å². The molecular formula is C22H26N6O. The van der Waals surface area contributed by atoms with Crippen molar-refractivity contribution in [1.82, 2.24) is 19.9 Å². The summed E-state index contributed by atoms with van der Waals surface area (Å²) in [6, 6.07) is 12.5. The Morgan fingerprint density at radius 3 is 2.48 bits per heavy atom. The highest BCUT2D eigenvalue weighted by molar-refractivity contribution is 5.67. The molecule has 2 aromatic heterocycles. The lowest BCUT2D eigenvalue weighted by atomic mass is 9.82. The van der Waals surface area contributed by atoms with Gasteiger partial charge in [-0.1, -0.05) is 38.1 Å². The topological polar surface area (TPSA) is 90.0 Å². The fourth-order valence-corrected chi connectivity index (χ4v) is 3.63. The number of aromatic nitrogens is 4. The number of ether oxygens (including phenoxy) is 1. The second-order valence-corrected chi connectivity index (χ2v) is 7.87. The molecule has 1 aliphatic heterocycles. The predicted octanol–water partition coefficient (Wildman–Crippen LogP) is 2.87. The molecule has 2 N–H and O–H groups in total. The zero-order valence-corrected chi connectivity index (χ0v) is 16.9. The van der Waals surface area contributed by atoms with Crippen LogP contribution in [0.1, 0.15) is 25.2 Å². The zero-order chi connectivity index (χ0) is 20.3. The Hall–Kier alpha value is -3.06. The van der Waals surface area contributed by atoms with Gasteiger partial charge in [-0.05, 0) is 35.2 Å². The standard InChI is InChI=1S/C22H26N6O/c1-22(2,15-17-5-3-4-6-18(17)16-7-9-24-10-8-16)19-25-20(23)27-21(26-19)28-11-13-29-14-12-28/h3-10H,11-15H2,1-2H3,(H2,23,25,26,27). The number of pyridine rings is 1. The highest BCUT2D eigenvalue weighted by Gasteiger charge is 2.28. The van der Waals surface area contributed by atoms with Gasteiger partial charge in [0.2, 0.25) is 11.9 Å². The molecule has 1 fully saturated rings. The van der Waals surface area contributed by atoms with Gasteiger partial charge in [-0.15, -0.1) is 0 Å². The summed E-state index contributed by atoms with van der Waals surface area (Å²) in [6.45, 7) is 7.15. The van der Waals surface area contributed by atoms with Crippen LogP contribution in [0.15, 0.2) is 48.8 Å². The second-order valence-electron chi connectivity index (χ2n) is 7.87. The van der Waals surface area contributed by atoms with E-state index in [1.807, 2.05) is 24.5 Å². The van der Waals surface area contributed by atoms with E-state index in [2.05, 4.69) is 58.0 Å². The Morgan fingerprint density at radius 1 is 1.00 bits per heavy atom. The molecule has 1 aromatic carbocycles. The third-order valence-electron chi connectivity index (χ3n) is 5.18. The third-order valence-corrected chi connectivity index (χ3v) is 5.18. The first-order chi connectivity index (χ1) is 14.0. The molecule has 0 bridgehead atoms. The van der Waals surface area contributed by atoms with Gasteiger partial charge >= 0.3 is 0 Å². The lowest BCUT2D eigenvalue weighted by molar-refractivity contribution is 0.122. The summed E-state index contributed by atoms with van der Waals surface area (Å²) in [7, 11) is 0. The maximum Gasteiger partial charge on any atom is 0.230 e. The van der Waals surface area contributed by atoms with Crippen molar-refractivity contribution in [3.05, 3.63) is 60.2 Å². The van der Waals surface area contributed by atoms with Crippen LogP contribution in [-0.2, 0) is 16.6 Å². The lowest BCUT2D eigenvalue weighted by Crippen LogP contribution is -2.38. The molecule has 4 rings (SSSR count). The van der Waals surface area contributed by atoms with E-state index < -0.39 is 0 Å². The van der Waals surface area contributed by atoms with E-state index in [-0.39, 0.29) is 11.4 Å². The molecule has 1 saturated heterocycles. The van der Waals surface area contributed by atoms with Crippen molar-refractivity contribution in [1.29, 1.82) is 0 Å². The molecule has 3 heterocycles. The maximum atomic E-state index is 6.05. The first-order valence-corrected chi connectivity index (χ1v) is 9.86. The molecular weight excluding hydrogens is 364 g/mol. The summed E-state index contributed by atoms with van der Waals surface area (Å²) in [5, 5.41) is 0. The fraction of sp³-hybridized carbons (Fsp3) is 0.364. The third kappa shape index (κ3) is 4.35. The number of nitrogen functional groups attached to an aromatic ring is 1. The van der Waals surface area contributed by atoms with Gasteiger partial charge in [-0.3, -0.25) is 4.98 Å². The van der Waals surface area contributed by atoms with Crippen LogP contribution in [0.3, 0.4) is 0 Å². The van der Waals surface area contributed by atoms with E-state index in [0.717, 1.165) is 25.1 Å². The van der Waals surface area contributed by atoms with Crippen LogP contribution in [0.25, 0.3) is 11.1 Å². The molecule has 3 aromatic rings. The van der Waals surface area contributed by atoms with Crippen LogP contribution in [0.2, 0.25) is 0 Å². The molecule has 0 unspecified atom stereocenters. The second kappa shape index (κ2) is 8.13. The van der Waals surface area contributed by atoms with Crippen LogP contribution in [-0.4, -0.2) is 46.2 Å². The maximum absolute atomic E-state index is 6.05. The average molecular weight is 390 g/mol. The number of benzene rings is 1. The largest absolute Gasteiger partial charge is 0.378 e. The summed E-state index contributed by atoms with van der Waals surface area (Å²) in [5.41, 5.74) is 9.31. The Labute approximate surface area is 171 Å². The van der Waals surface area contributed by atoms with Gasteiger partial charge in [-0.25, -0.2) is 0 Å². The van der Waals surface area contributed by atoms with Gasteiger partial charge < -0.3 is 15.4 Å². The van der Waals surface area contributed by atoms with Gasteiger partial charge in [0, 0.05) is 30.9 Å². The zero-order valence-electron chi connectivity index (χ0n) is 16.9. The van der Waals surface area contributed by atoms with E-state index in [1.54, 1.807) is 0 Å². The summed E-state index contributed by atoms with van der Waals surface area (Å²) < 4.78 is 5.43. The van der Waals surface area contributed by atoms with E-state index >= 15 is 0 Å². The van der Waals surface area contributed by atoms with Crippen molar-refractivity contribution in [3.8, 4) is 11.1 Å². The van der Waals surface area contributed by atoms with Crippen LogP contribution >= 0.6 is 0 Å². The Kier molecular flexibility index (Phi) is 5.40. The minimum absolute atomic E-state index is 0.256. The van der Waals surface area contributed by atoms with E-state index in [9.17, 15) is 0 Å². The van der Waals surface area contributed by atoms with Gasteiger partial charge in [0.05, 0.1) is 13.2 Å². The van der Waals surface area contributed by atoms with Crippen LogP contribution in [0, 0.1) is 0 Å². The Balaban J connectivity index is 1.66. The van der Waals surface area contributed by atoms with Crippen molar-refractivity contribution < 1.29 is 4.74 Å². The number of hydrogen-bond acceptors (Lipinski definition) is 7. The van der Waals surface area contributed by atoms with Crippen LogP contribution < -0.4 is 10.6 Å². The number of morpholine rings is 1.